The average molecular weight is 302 g/mol. The molecule has 22 heavy (non-hydrogen) atoms. The highest BCUT2D eigenvalue weighted by molar-refractivity contribution is 5.94. The van der Waals surface area contributed by atoms with Gasteiger partial charge in [-0.2, -0.15) is 0 Å². The smallest absolute Gasteiger partial charge is 0.255 e. The molecule has 2 fully saturated rings. The summed E-state index contributed by atoms with van der Waals surface area (Å²) < 4.78 is 11.7. The molecule has 0 aromatic carbocycles. The van der Waals surface area contributed by atoms with Gasteiger partial charge in [0.05, 0.1) is 30.9 Å². The Balaban J connectivity index is 1.74. The summed E-state index contributed by atoms with van der Waals surface area (Å²) in [5.41, 5.74) is 1.64. The van der Waals surface area contributed by atoms with Crippen LogP contribution in [-0.2, 0) is 9.47 Å². The van der Waals surface area contributed by atoms with Crippen molar-refractivity contribution < 1.29 is 14.3 Å². The van der Waals surface area contributed by atoms with Crippen LogP contribution in [0.15, 0.2) is 31.1 Å². The van der Waals surface area contributed by atoms with Gasteiger partial charge in [0.15, 0.2) is 0 Å². The van der Waals surface area contributed by atoms with Crippen molar-refractivity contribution >= 4 is 5.91 Å². The fourth-order valence-corrected chi connectivity index (χ4v) is 3.38. The normalized spacial score (nSPS) is 27.5. The van der Waals surface area contributed by atoms with Crippen molar-refractivity contribution in [2.24, 2.45) is 0 Å². The number of hydrogen-bond donors (Lipinski definition) is 0. The molecule has 0 unspecified atom stereocenters. The average Bonchev–Trinajstić information content (AvgIpc) is 2.95. The summed E-state index contributed by atoms with van der Waals surface area (Å²) in [6, 6.07) is 1.98. The van der Waals surface area contributed by atoms with Crippen LogP contribution in [-0.4, -0.2) is 53.8 Å². The molecule has 3 atom stereocenters. The number of fused-ring (bicyclic) bond motifs is 1. The number of hydrogen-bond acceptors (Lipinski definition) is 4. The predicted molar refractivity (Wildman–Crippen MR) is 82.7 cm³/mol. The van der Waals surface area contributed by atoms with Crippen LogP contribution in [0.4, 0.5) is 0 Å². The van der Waals surface area contributed by atoms with Gasteiger partial charge in [0.2, 0.25) is 0 Å². The molecule has 0 bridgehead atoms. The van der Waals surface area contributed by atoms with Gasteiger partial charge in [-0.25, -0.2) is 0 Å². The molecule has 118 valence electrons. The van der Waals surface area contributed by atoms with Crippen molar-refractivity contribution in [3.8, 4) is 0 Å². The van der Waals surface area contributed by atoms with Gasteiger partial charge in [-0.1, -0.05) is 6.08 Å². The van der Waals surface area contributed by atoms with Gasteiger partial charge in [0.25, 0.3) is 5.91 Å². The van der Waals surface area contributed by atoms with Gasteiger partial charge in [0.1, 0.15) is 6.10 Å². The topological polar surface area (TPSA) is 51.7 Å². The van der Waals surface area contributed by atoms with E-state index in [1.54, 1.807) is 18.5 Å². The number of carbonyl (C=O) groups is 1. The zero-order valence-corrected chi connectivity index (χ0v) is 12.9. The zero-order chi connectivity index (χ0) is 15.5. The summed E-state index contributed by atoms with van der Waals surface area (Å²) in [5, 5.41) is 0. The third-order valence-electron chi connectivity index (χ3n) is 4.35. The predicted octanol–water partition coefficient (Wildman–Crippen LogP) is 1.96. The van der Waals surface area contributed by atoms with Gasteiger partial charge in [-0.3, -0.25) is 9.78 Å². The molecule has 5 heteroatoms. The maximum absolute atomic E-state index is 12.8. The number of pyridine rings is 1. The minimum Gasteiger partial charge on any atom is -0.372 e. The number of ether oxygens (including phenoxy) is 2. The first-order valence-electron chi connectivity index (χ1n) is 7.77. The number of rotatable bonds is 4. The first-order valence-corrected chi connectivity index (χ1v) is 7.77. The van der Waals surface area contributed by atoms with Crippen molar-refractivity contribution in [2.45, 2.75) is 38.0 Å². The van der Waals surface area contributed by atoms with E-state index < -0.39 is 0 Å². The van der Waals surface area contributed by atoms with Crippen LogP contribution < -0.4 is 0 Å². The van der Waals surface area contributed by atoms with Crippen LogP contribution >= 0.6 is 0 Å². The van der Waals surface area contributed by atoms with E-state index in [2.05, 4.69) is 11.6 Å². The summed E-state index contributed by atoms with van der Waals surface area (Å²) in [4.78, 5) is 18.8. The zero-order valence-electron chi connectivity index (χ0n) is 12.9. The molecule has 5 nitrogen and oxygen atoms in total. The Morgan fingerprint density at radius 3 is 3.18 bits per heavy atom. The SMILES string of the molecule is C=CCO[C@@H]1CC[C@@H]2[C@H]1OCCN2C(=O)c1cncc(C)c1. The monoisotopic (exact) mass is 302 g/mol. The Morgan fingerprint density at radius 1 is 1.55 bits per heavy atom. The molecule has 0 radical (unpaired) electrons. The van der Waals surface area contributed by atoms with Crippen LogP contribution in [0.5, 0.6) is 0 Å². The van der Waals surface area contributed by atoms with Crippen molar-refractivity contribution in [1.82, 2.24) is 9.88 Å². The Kier molecular flexibility index (Phi) is 4.55. The third-order valence-corrected chi connectivity index (χ3v) is 4.35. The fraction of sp³-hybridized carbons (Fsp3) is 0.529. The Morgan fingerprint density at radius 2 is 2.41 bits per heavy atom. The number of carbonyl (C=O) groups excluding carboxylic acids is 1. The molecule has 3 rings (SSSR count). The molecule has 1 aliphatic carbocycles. The lowest BCUT2D eigenvalue weighted by Crippen LogP contribution is -2.53. The van der Waals surface area contributed by atoms with Crippen molar-refractivity contribution in [2.75, 3.05) is 19.8 Å². The highest BCUT2D eigenvalue weighted by atomic mass is 16.5. The molecule has 1 aromatic rings. The summed E-state index contributed by atoms with van der Waals surface area (Å²) in [5.74, 6) is 0.0406. The second kappa shape index (κ2) is 6.58. The molecule has 2 heterocycles. The fourth-order valence-electron chi connectivity index (χ4n) is 3.38. The summed E-state index contributed by atoms with van der Waals surface area (Å²) >= 11 is 0. The molecule has 1 saturated heterocycles. The van der Waals surface area contributed by atoms with Gasteiger partial charge in [-0.15, -0.1) is 6.58 Å². The van der Waals surface area contributed by atoms with Gasteiger partial charge >= 0.3 is 0 Å². The molecule has 1 aromatic heterocycles. The minimum absolute atomic E-state index is 0.0320. The van der Waals surface area contributed by atoms with E-state index in [1.165, 1.54) is 0 Å². The second-order valence-corrected chi connectivity index (χ2v) is 5.89. The standard InChI is InChI=1S/C17H22N2O3/c1-3-7-21-15-5-4-14-16(15)22-8-6-19(14)17(20)13-9-12(2)10-18-11-13/h3,9-11,14-16H,1,4-8H2,2H3/t14-,15-,16-/m1/s1. The molecular formula is C17H22N2O3. The number of aromatic nitrogens is 1. The van der Waals surface area contributed by atoms with Crippen LogP contribution in [0, 0.1) is 6.92 Å². The van der Waals surface area contributed by atoms with E-state index in [0.29, 0.717) is 25.3 Å². The van der Waals surface area contributed by atoms with Crippen molar-refractivity contribution in [1.29, 1.82) is 0 Å². The molecule has 1 amide bonds. The highest BCUT2D eigenvalue weighted by Crippen LogP contribution is 2.33. The molecule has 0 spiro atoms. The van der Waals surface area contributed by atoms with Crippen LogP contribution in [0.2, 0.25) is 0 Å². The van der Waals surface area contributed by atoms with Gasteiger partial charge in [0, 0.05) is 18.9 Å². The van der Waals surface area contributed by atoms with Crippen LogP contribution in [0.1, 0.15) is 28.8 Å². The van der Waals surface area contributed by atoms with E-state index in [-0.39, 0.29) is 24.2 Å². The maximum atomic E-state index is 12.8. The van der Waals surface area contributed by atoms with Gasteiger partial charge < -0.3 is 14.4 Å². The maximum Gasteiger partial charge on any atom is 0.255 e. The molecular weight excluding hydrogens is 280 g/mol. The first kappa shape index (κ1) is 15.2. The molecule has 2 aliphatic rings. The van der Waals surface area contributed by atoms with Crippen LogP contribution in [0.25, 0.3) is 0 Å². The summed E-state index contributed by atoms with van der Waals surface area (Å²) in [7, 11) is 0. The lowest BCUT2D eigenvalue weighted by molar-refractivity contribution is -0.100. The lowest BCUT2D eigenvalue weighted by Gasteiger charge is -2.39. The third kappa shape index (κ3) is 2.91. The number of morpholine rings is 1. The number of amides is 1. The minimum atomic E-state index is -0.0320. The van der Waals surface area contributed by atoms with E-state index >= 15 is 0 Å². The lowest BCUT2D eigenvalue weighted by atomic mass is 10.1. The number of nitrogens with zero attached hydrogens (tertiary/aromatic N) is 2. The molecule has 1 saturated carbocycles. The Bertz CT molecular complexity index is 561. The number of aryl methyl sites for hydroxylation is 1. The van der Waals surface area contributed by atoms with Crippen LogP contribution in [0.3, 0.4) is 0 Å². The largest absolute Gasteiger partial charge is 0.372 e. The Hall–Kier alpha value is -1.72. The highest BCUT2D eigenvalue weighted by Gasteiger charge is 2.45. The van der Waals surface area contributed by atoms with E-state index in [4.69, 9.17) is 9.47 Å². The second-order valence-electron chi connectivity index (χ2n) is 5.89. The van der Waals surface area contributed by atoms with Crippen molar-refractivity contribution in [3.05, 3.63) is 42.2 Å². The van der Waals surface area contributed by atoms with E-state index in [0.717, 1.165) is 18.4 Å². The Labute approximate surface area is 130 Å². The summed E-state index contributed by atoms with van der Waals surface area (Å²) in [6.07, 6.45) is 6.99. The first-order chi connectivity index (χ1) is 10.7. The van der Waals surface area contributed by atoms with Gasteiger partial charge in [-0.05, 0) is 31.4 Å². The van der Waals surface area contributed by atoms with E-state index in [9.17, 15) is 4.79 Å². The molecule has 1 aliphatic heterocycles. The quantitative estimate of drug-likeness (QED) is 0.798. The summed E-state index contributed by atoms with van der Waals surface area (Å²) in [6.45, 7) is 7.33. The van der Waals surface area contributed by atoms with Crippen molar-refractivity contribution in [3.63, 3.8) is 0 Å². The molecule has 0 N–H and O–H groups in total. The van der Waals surface area contributed by atoms with E-state index in [1.807, 2.05) is 17.9 Å².